The van der Waals surface area contributed by atoms with Crippen molar-refractivity contribution in [3.8, 4) is 0 Å². The Morgan fingerprint density at radius 1 is 1.12 bits per heavy atom. The van der Waals surface area contributed by atoms with Crippen molar-refractivity contribution in [2.75, 3.05) is 32.7 Å². The van der Waals surface area contributed by atoms with Gasteiger partial charge in [0.05, 0.1) is 6.54 Å². The highest BCUT2D eigenvalue weighted by molar-refractivity contribution is 5.79. The van der Waals surface area contributed by atoms with E-state index in [0.29, 0.717) is 32.1 Å². The Morgan fingerprint density at radius 3 is 2.24 bits per heavy atom. The third-order valence-corrected chi connectivity index (χ3v) is 5.40. The zero-order valence-corrected chi connectivity index (χ0v) is 14.7. The summed E-state index contributed by atoms with van der Waals surface area (Å²) in [4.78, 5) is 27.4. The molecule has 1 heterocycles. The number of hydrogen-bond donors (Lipinski definition) is 1. The maximum Gasteiger partial charge on any atom is 0.236 e. The number of carbonyl (C=O) groups excluding carboxylic acids is 2. The molecule has 1 aromatic rings. The molecule has 1 atom stereocenters. The average Bonchev–Trinajstić information content (AvgIpc) is 2.57. The first-order valence-corrected chi connectivity index (χ1v) is 9.07. The maximum absolute atomic E-state index is 13.2. The molecule has 1 aliphatic carbocycles. The summed E-state index contributed by atoms with van der Waals surface area (Å²) in [6, 6.07) is 6.66. The van der Waals surface area contributed by atoms with E-state index in [1.807, 2.05) is 4.90 Å². The van der Waals surface area contributed by atoms with Gasteiger partial charge in [-0.1, -0.05) is 18.6 Å². The molecule has 5 nitrogen and oxygen atoms in total. The number of nitrogens with zero attached hydrogens (tertiary/aromatic N) is 2. The van der Waals surface area contributed by atoms with Crippen LogP contribution in [0.2, 0.25) is 0 Å². The van der Waals surface area contributed by atoms with Gasteiger partial charge in [-0.2, -0.15) is 0 Å². The van der Waals surface area contributed by atoms with E-state index in [4.69, 9.17) is 0 Å². The molecule has 136 valence electrons. The van der Waals surface area contributed by atoms with Crippen LogP contribution in [0.5, 0.6) is 0 Å². The van der Waals surface area contributed by atoms with E-state index in [0.717, 1.165) is 18.4 Å². The minimum absolute atomic E-state index is 0.0616. The van der Waals surface area contributed by atoms with Crippen LogP contribution in [0.1, 0.15) is 37.8 Å². The Labute approximate surface area is 148 Å². The van der Waals surface area contributed by atoms with Crippen molar-refractivity contribution in [1.82, 2.24) is 15.1 Å². The van der Waals surface area contributed by atoms with Crippen molar-refractivity contribution in [3.05, 3.63) is 35.6 Å². The zero-order valence-electron chi connectivity index (χ0n) is 14.7. The van der Waals surface area contributed by atoms with E-state index < -0.39 is 0 Å². The lowest BCUT2D eigenvalue weighted by Crippen LogP contribution is -2.52. The van der Waals surface area contributed by atoms with E-state index in [-0.39, 0.29) is 30.2 Å². The van der Waals surface area contributed by atoms with Gasteiger partial charge in [0, 0.05) is 39.1 Å². The summed E-state index contributed by atoms with van der Waals surface area (Å²) in [7, 11) is 0. The highest BCUT2D eigenvalue weighted by Gasteiger charge is 2.29. The predicted octanol–water partition coefficient (Wildman–Crippen LogP) is 1.95. The minimum Gasteiger partial charge on any atom is -0.339 e. The van der Waals surface area contributed by atoms with Crippen LogP contribution in [-0.2, 0) is 9.59 Å². The molecule has 2 fully saturated rings. The summed E-state index contributed by atoms with van der Waals surface area (Å²) in [6.07, 6.45) is 3.49. The Morgan fingerprint density at radius 2 is 1.72 bits per heavy atom. The molecule has 6 heteroatoms. The Hall–Kier alpha value is -1.95. The van der Waals surface area contributed by atoms with E-state index in [2.05, 4.69) is 5.32 Å². The van der Waals surface area contributed by atoms with Gasteiger partial charge < -0.3 is 15.1 Å². The van der Waals surface area contributed by atoms with Crippen molar-refractivity contribution in [2.45, 2.75) is 32.2 Å². The van der Waals surface area contributed by atoms with Crippen molar-refractivity contribution >= 4 is 11.8 Å². The molecule has 1 N–H and O–H groups in total. The Bertz CT molecular complexity index is 608. The average molecular weight is 347 g/mol. The van der Waals surface area contributed by atoms with Gasteiger partial charge in [0.2, 0.25) is 11.8 Å². The minimum atomic E-state index is -0.240. The monoisotopic (exact) mass is 347 g/mol. The summed E-state index contributed by atoms with van der Waals surface area (Å²) in [5, 5.41) is 3.39. The topological polar surface area (TPSA) is 52.7 Å². The van der Waals surface area contributed by atoms with E-state index in [9.17, 15) is 14.0 Å². The molecule has 0 radical (unpaired) electrons. The molecule has 0 aromatic heterocycles. The van der Waals surface area contributed by atoms with E-state index in [1.54, 1.807) is 24.0 Å². The molecule has 1 saturated heterocycles. The molecule has 0 spiro atoms. The largest absolute Gasteiger partial charge is 0.339 e. The maximum atomic E-state index is 13.2. The summed E-state index contributed by atoms with van der Waals surface area (Å²) in [5.74, 6) is 0.393. The summed E-state index contributed by atoms with van der Waals surface area (Å²) in [6.45, 7) is 4.22. The first kappa shape index (κ1) is 17.9. The summed E-state index contributed by atoms with van der Waals surface area (Å²) in [5.41, 5.74) is 1.04. The summed E-state index contributed by atoms with van der Waals surface area (Å²) >= 11 is 0. The van der Waals surface area contributed by atoms with Crippen LogP contribution in [0.4, 0.5) is 4.39 Å². The first-order valence-electron chi connectivity index (χ1n) is 9.07. The van der Waals surface area contributed by atoms with Crippen molar-refractivity contribution in [2.24, 2.45) is 5.92 Å². The van der Waals surface area contributed by atoms with Gasteiger partial charge >= 0.3 is 0 Å². The van der Waals surface area contributed by atoms with Crippen LogP contribution >= 0.6 is 0 Å². The molecule has 1 aromatic carbocycles. The van der Waals surface area contributed by atoms with Crippen molar-refractivity contribution < 1.29 is 14.0 Å². The van der Waals surface area contributed by atoms with E-state index in [1.165, 1.54) is 18.6 Å². The van der Waals surface area contributed by atoms with Crippen LogP contribution in [0, 0.1) is 11.7 Å². The number of nitrogens with one attached hydrogen (secondary N) is 1. The molecule has 1 saturated carbocycles. The number of piperazine rings is 1. The third-order valence-electron chi connectivity index (χ3n) is 5.40. The third kappa shape index (κ3) is 4.37. The number of amides is 2. The fourth-order valence-corrected chi connectivity index (χ4v) is 3.58. The molecule has 1 aliphatic heterocycles. The second-order valence-electron chi connectivity index (χ2n) is 6.99. The van der Waals surface area contributed by atoms with Gasteiger partial charge in [-0.25, -0.2) is 4.39 Å². The van der Waals surface area contributed by atoms with Crippen LogP contribution in [0.25, 0.3) is 0 Å². The van der Waals surface area contributed by atoms with Gasteiger partial charge in [-0.3, -0.25) is 9.59 Å². The predicted molar refractivity (Wildman–Crippen MR) is 93.3 cm³/mol. The molecule has 0 bridgehead atoms. The fourth-order valence-electron chi connectivity index (χ4n) is 3.58. The van der Waals surface area contributed by atoms with Gasteiger partial charge in [0.25, 0.3) is 0 Å². The van der Waals surface area contributed by atoms with Gasteiger partial charge in [-0.15, -0.1) is 0 Å². The Kier molecular flexibility index (Phi) is 5.68. The molecule has 2 amide bonds. The molecule has 25 heavy (non-hydrogen) atoms. The van der Waals surface area contributed by atoms with Gasteiger partial charge in [0.1, 0.15) is 5.82 Å². The normalized spacial score (nSPS) is 19.4. The molecule has 1 unspecified atom stereocenters. The number of halogens is 1. The fraction of sp³-hybridized carbons (Fsp3) is 0.579. The molecule has 3 rings (SSSR count). The van der Waals surface area contributed by atoms with Crippen LogP contribution < -0.4 is 5.32 Å². The van der Waals surface area contributed by atoms with Crippen LogP contribution in [0.15, 0.2) is 24.3 Å². The second kappa shape index (κ2) is 7.95. The lowest BCUT2D eigenvalue weighted by atomic mass is 9.77. The highest BCUT2D eigenvalue weighted by atomic mass is 19.1. The number of rotatable bonds is 5. The molecular weight excluding hydrogens is 321 g/mol. The molecule has 2 aliphatic rings. The second-order valence-corrected chi connectivity index (χ2v) is 6.99. The van der Waals surface area contributed by atoms with Crippen molar-refractivity contribution in [3.63, 3.8) is 0 Å². The van der Waals surface area contributed by atoms with Gasteiger partial charge in [0.15, 0.2) is 0 Å². The summed E-state index contributed by atoms with van der Waals surface area (Å²) < 4.78 is 13.2. The van der Waals surface area contributed by atoms with Crippen molar-refractivity contribution in [1.29, 1.82) is 0 Å². The lowest BCUT2D eigenvalue weighted by Gasteiger charge is -2.37. The molecular formula is C19H26FN3O2. The first-order chi connectivity index (χ1) is 12.0. The smallest absolute Gasteiger partial charge is 0.236 e. The van der Waals surface area contributed by atoms with E-state index >= 15 is 0 Å². The standard InChI is InChI=1S/C19H26FN3O2/c1-14(24)22-9-11-23(12-10-22)18(25)13-21-19(15-3-2-4-15)16-5-7-17(20)8-6-16/h5-8,15,19,21H,2-4,9-13H2,1H3. The lowest BCUT2D eigenvalue weighted by molar-refractivity contribution is -0.138. The quantitative estimate of drug-likeness (QED) is 0.886. The SMILES string of the molecule is CC(=O)N1CCN(C(=O)CNC(c2ccc(F)cc2)C2CCC2)CC1. The highest BCUT2D eigenvalue weighted by Crippen LogP contribution is 2.37. The van der Waals surface area contributed by atoms with Crippen LogP contribution in [0.3, 0.4) is 0 Å². The van der Waals surface area contributed by atoms with Crippen LogP contribution in [-0.4, -0.2) is 54.3 Å². The zero-order chi connectivity index (χ0) is 17.8. The number of carbonyl (C=O) groups is 2. The number of benzene rings is 1. The number of hydrogen-bond acceptors (Lipinski definition) is 3. The van der Waals surface area contributed by atoms with Gasteiger partial charge in [-0.05, 0) is 36.5 Å². The Balaban J connectivity index is 1.55.